The van der Waals surface area contributed by atoms with Crippen LogP contribution in [0.5, 0.6) is 0 Å². The minimum absolute atomic E-state index is 0.164. The summed E-state index contributed by atoms with van der Waals surface area (Å²) in [6.45, 7) is 2.80. The van der Waals surface area contributed by atoms with Crippen molar-refractivity contribution in [3.05, 3.63) is 27.5 Å². The molecular formula is C11H10Cl3N3. The maximum Gasteiger partial charge on any atom is 0.224 e. The van der Waals surface area contributed by atoms with E-state index in [1.54, 1.807) is 12.1 Å². The van der Waals surface area contributed by atoms with E-state index < -0.39 is 0 Å². The molecule has 0 unspecified atom stereocenters. The van der Waals surface area contributed by atoms with E-state index in [9.17, 15) is 0 Å². The van der Waals surface area contributed by atoms with Crippen LogP contribution >= 0.6 is 34.8 Å². The van der Waals surface area contributed by atoms with Gasteiger partial charge in [-0.3, -0.25) is 0 Å². The minimum Gasteiger partial charge on any atom is -0.359 e. The zero-order valence-corrected chi connectivity index (χ0v) is 11.6. The van der Waals surface area contributed by atoms with Crippen molar-refractivity contribution in [2.24, 2.45) is 0 Å². The van der Waals surface area contributed by atoms with Crippen molar-refractivity contribution in [1.29, 1.82) is 0 Å². The van der Waals surface area contributed by atoms with Crippen LogP contribution in [0.2, 0.25) is 15.3 Å². The van der Waals surface area contributed by atoms with Crippen LogP contribution in [-0.2, 0) is 0 Å². The third kappa shape index (κ3) is 2.28. The lowest BCUT2D eigenvalue weighted by molar-refractivity contribution is 0.940. The van der Waals surface area contributed by atoms with Crippen molar-refractivity contribution in [2.75, 3.05) is 18.5 Å². The lowest BCUT2D eigenvalue weighted by atomic mass is 10.2. The van der Waals surface area contributed by atoms with Gasteiger partial charge in [0.05, 0.1) is 20.9 Å². The third-order valence-electron chi connectivity index (χ3n) is 2.54. The first-order valence-electron chi connectivity index (χ1n) is 5.07. The molecule has 0 aliphatic carbocycles. The third-order valence-corrected chi connectivity index (χ3v) is 3.33. The van der Waals surface area contributed by atoms with Gasteiger partial charge in [0.1, 0.15) is 5.82 Å². The summed E-state index contributed by atoms with van der Waals surface area (Å²) in [4.78, 5) is 10.3. The summed E-state index contributed by atoms with van der Waals surface area (Å²) in [5.74, 6) is 0.690. The van der Waals surface area contributed by atoms with Crippen molar-refractivity contribution >= 4 is 51.5 Å². The first-order chi connectivity index (χ1) is 8.04. The molecule has 0 spiro atoms. The number of hydrogen-bond donors (Lipinski definition) is 0. The van der Waals surface area contributed by atoms with E-state index in [-0.39, 0.29) is 5.28 Å². The molecular weight excluding hydrogens is 281 g/mol. The van der Waals surface area contributed by atoms with Crippen LogP contribution in [0.1, 0.15) is 6.92 Å². The quantitative estimate of drug-likeness (QED) is 0.782. The molecule has 0 aliphatic heterocycles. The van der Waals surface area contributed by atoms with Gasteiger partial charge >= 0.3 is 0 Å². The molecule has 3 nitrogen and oxygen atoms in total. The van der Waals surface area contributed by atoms with Crippen LogP contribution in [0.25, 0.3) is 10.9 Å². The van der Waals surface area contributed by atoms with E-state index in [0.29, 0.717) is 21.4 Å². The SMILES string of the molecule is CCN(C)c1nc(Cl)nc2c(Cl)ccc(Cl)c12. The largest absolute Gasteiger partial charge is 0.359 e. The van der Waals surface area contributed by atoms with Gasteiger partial charge in [-0.25, -0.2) is 4.98 Å². The molecule has 0 saturated carbocycles. The van der Waals surface area contributed by atoms with Gasteiger partial charge in [-0.15, -0.1) is 0 Å². The smallest absolute Gasteiger partial charge is 0.224 e. The molecule has 0 bridgehead atoms. The molecule has 0 atom stereocenters. The Morgan fingerprint density at radius 1 is 1.12 bits per heavy atom. The van der Waals surface area contributed by atoms with E-state index in [4.69, 9.17) is 34.8 Å². The Kier molecular flexibility index (Phi) is 3.61. The van der Waals surface area contributed by atoms with Gasteiger partial charge < -0.3 is 4.90 Å². The lowest BCUT2D eigenvalue weighted by Crippen LogP contribution is -2.18. The molecule has 0 fully saturated rings. The molecule has 2 aromatic rings. The summed E-state index contributed by atoms with van der Waals surface area (Å²) in [5.41, 5.74) is 0.578. The van der Waals surface area contributed by atoms with Crippen molar-refractivity contribution in [3.63, 3.8) is 0 Å². The van der Waals surface area contributed by atoms with E-state index in [1.807, 2.05) is 18.9 Å². The predicted molar refractivity (Wildman–Crippen MR) is 73.5 cm³/mol. The van der Waals surface area contributed by atoms with Gasteiger partial charge in [-0.2, -0.15) is 4.98 Å². The number of benzene rings is 1. The highest BCUT2D eigenvalue weighted by Crippen LogP contribution is 2.34. The fourth-order valence-electron chi connectivity index (χ4n) is 1.55. The predicted octanol–water partition coefficient (Wildman–Crippen LogP) is 4.05. The fourth-order valence-corrected chi connectivity index (χ4v) is 2.15. The Balaban J connectivity index is 2.87. The lowest BCUT2D eigenvalue weighted by Gasteiger charge is -2.18. The maximum atomic E-state index is 6.18. The number of anilines is 1. The average Bonchev–Trinajstić information content (AvgIpc) is 2.32. The normalized spacial score (nSPS) is 10.9. The molecule has 90 valence electrons. The number of rotatable bonds is 2. The second-order valence-corrected chi connectivity index (χ2v) is 4.74. The van der Waals surface area contributed by atoms with Crippen molar-refractivity contribution < 1.29 is 0 Å². The zero-order valence-electron chi connectivity index (χ0n) is 9.34. The highest BCUT2D eigenvalue weighted by Gasteiger charge is 2.15. The number of halogens is 3. The molecule has 0 amide bonds. The van der Waals surface area contributed by atoms with Gasteiger partial charge in [0, 0.05) is 13.6 Å². The monoisotopic (exact) mass is 289 g/mol. The molecule has 1 heterocycles. The molecule has 0 radical (unpaired) electrons. The number of hydrogen-bond acceptors (Lipinski definition) is 3. The fraction of sp³-hybridized carbons (Fsp3) is 0.273. The van der Waals surface area contributed by atoms with Crippen LogP contribution in [0.15, 0.2) is 12.1 Å². The second-order valence-electron chi connectivity index (χ2n) is 3.58. The van der Waals surface area contributed by atoms with E-state index >= 15 is 0 Å². The number of fused-ring (bicyclic) bond motifs is 1. The summed E-state index contributed by atoms with van der Waals surface area (Å²) < 4.78 is 0. The molecule has 0 aliphatic rings. The minimum atomic E-state index is 0.164. The highest BCUT2D eigenvalue weighted by atomic mass is 35.5. The molecule has 2 rings (SSSR count). The Bertz CT molecular complexity index is 571. The van der Waals surface area contributed by atoms with Gasteiger partial charge in [0.2, 0.25) is 5.28 Å². The Hall–Kier alpha value is -0.770. The first kappa shape index (κ1) is 12.7. The summed E-state index contributed by atoms with van der Waals surface area (Å²) in [7, 11) is 1.91. The topological polar surface area (TPSA) is 29.0 Å². The molecule has 17 heavy (non-hydrogen) atoms. The van der Waals surface area contributed by atoms with Crippen molar-refractivity contribution in [3.8, 4) is 0 Å². The standard InChI is InChI=1S/C11H10Cl3N3/c1-3-17(2)10-8-6(12)4-5-7(13)9(8)15-11(14)16-10/h4-5H,3H2,1-2H3. The average molecular weight is 291 g/mol. The van der Waals surface area contributed by atoms with Crippen LogP contribution in [0.4, 0.5) is 5.82 Å². The Morgan fingerprint density at radius 3 is 2.41 bits per heavy atom. The summed E-state index contributed by atoms with van der Waals surface area (Å²) >= 11 is 18.2. The molecule has 1 aromatic heterocycles. The van der Waals surface area contributed by atoms with Crippen molar-refractivity contribution in [2.45, 2.75) is 6.92 Å². The summed E-state index contributed by atoms with van der Waals surface area (Å²) in [5, 5.41) is 1.97. The zero-order chi connectivity index (χ0) is 12.6. The number of aromatic nitrogens is 2. The van der Waals surface area contributed by atoms with E-state index in [0.717, 1.165) is 11.9 Å². The maximum absolute atomic E-state index is 6.18. The molecule has 0 N–H and O–H groups in total. The van der Waals surface area contributed by atoms with Gasteiger partial charge in [0.15, 0.2) is 0 Å². The van der Waals surface area contributed by atoms with E-state index in [1.165, 1.54) is 0 Å². The Labute approximate surface area is 114 Å². The van der Waals surface area contributed by atoms with Gasteiger partial charge in [-0.05, 0) is 30.7 Å². The summed E-state index contributed by atoms with van der Waals surface area (Å²) in [6.07, 6.45) is 0. The van der Waals surface area contributed by atoms with Crippen LogP contribution in [-0.4, -0.2) is 23.6 Å². The molecule has 0 saturated heterocycles. The summed E-state index contributed by atoms with van der Waals surface area (Å²) in [6, 6.07) is 3.43. The highest BCUT2D eigenvalue weighted by molar-refractivity contribution is 6.41. The van der Waals surface area contributed by atoms with Crippen LogP contribution < -0.4 is 4.90 Å². The first-order valence-corrected chi connectivity index (χ1v) is 6.20. The van der Waals surface area contributed by atoms with Crippen LogP contribution in [0.3, 0.4) is 0 Å². The van der Waals surface area contributed by atoms with E-state index in [2.05, 4.69) is 9.97 Å². The molecule has 1 aromatic carbocycles. The van der Waals surface area contributed by atoms with Gasteiger partial charge in [-0.1, -0.05) is 23.2 Å². The van der Waals surface area contributed by atoms with Crippen molar-refractivity contribution in [1.82, 2.24) is 9.97 Å². The number of nitrogens with zero attached hydrogens (tertiary/aromatic N) is 3. The second kappa shape index (κ2) is 4.84. The molecule has 6 heteroatoms. The van der Waals surface area contributed by atoms with Crippen LogP contribution in [0, 0.1) is 0 Å². The Morgan fingerprint density at radius 2 is 1.76 bits per heavy atom. The van der Waals surface area contributed by atoms with Gasteiger partial charge in [0.25, 0.3) is 0 Å².